The Hall–Kier alpha value is -2.32. The molecule has 3 heterocycles. The topological polar surface area (TPSA) is 92.2 Å². The van der Waals surface area contributed by atoms with Gasteiger partial charge < -0.3 is 20.5 Å². The Morgan fingerprint density at radius 3 is 2.69 bits per heavy atom. The third-order valence-electron chi connectivity index (χ3n) is 6.40. The van der Waals surface area contributed by atoms with Gasteiger partial charge in [0.1, 0.15) is 12.0 Å². The van der Waals surface area contributed by atoms with Gasteiger partial charge in [0.2, 0.25) is 5.95 Å². The Morgan fingerprint density at radius 2 is 2.00 bits per heavy atom. The maximum Gasteiger partial charge on any atom is 0.224 e. The molecule has 4 rings (SSSR count). The summed E-state index contributed by atoms with van der Waals surface area (Å²) in [7, 11) is 0. The van der Waals surface area contributed by atoms with Crippen LogP contribution in [0.2, 0.25) is 0 Å². The zero-order valence-corrected chi connectivity index (χ0v) is 18.8. The lowest BCUT2D eigenvalue weighted by Gasteiger charge is -2.27. The Balaban J connectivity index is 1.52. The highest BCUT2D eigenvalue weighted by Gasteiger charge is 2.22. The predicted octanol–water partition coefficient (Wildman–Crippen LogP) is 3.99. The number of nitrogens with one attached hydrogen (secondary N) is 2. The van der Waals surface area contributed by atoms with Gasteiger partial charge >= 0.3 is 0 Å². The SMILES string of the molecule is CC[C@H](F)CNc1ncc(-c2ccc(CC3CCOC3)cn2)c(N[C@H]2CC[C@H](O)CC2)n1. The number of aromatic nitrogens is 3. The van der Waals surface area contributed by atoms with Crippen LogP contribution in [0.5, 0.6) is 0 Å². The van der Waals surface area contributed by atoms with Gasteiger partial charge in [-0.1, -0.05) is 13.0 Å². The molecule has 0 radical (unpaired) electrons. The van der Waals surface area contributed by atoms with E-state index in [1.165, 1.54) is 5.56 Å². The average Bonchev–Trinajstić information content (AvgIpc) is 3.33. The molecule has 1 saturated carbocycles. The van der Waals surface area contributed by atoms with Crippen molar-refractivity contribution in [3.05, 3.63) is 30.1 Å². The number of nitrogens with zero attached hydrogens (tertiary/aromatic N) is 3. The lowest BCUT2D eigenvalue weighted by atomic mass is 9.93. The van der Waals surface area contributed by atoms with Gasteiger partial charge in [-0.25, -0.2) is 9.37 Å². The summed E-state index contributed by atoms with van der Waals surface area (Å²) in [6.07, 6.45) is 8.37. The second-order valence-corrected chi connectivity index (χ2v) is 8.98. The Bertz CT molecular complexity index is 852. The highest BCUT2D eigenvalue weighted by molar-refractivity contribution is 5.73. The number of aliphatic hydroxyl groups is 1. The average molecular weight is 444 g/mol. The third-order valence-corrected chi connectivity index (χ3v) is 6.40. The van der Waals surface area contributed by atoms with Crippen LogP contribution in [0.25, 0.3) is 11.3 Å². The second kappa shape index (κ2) is 11.0. The van der Waals surface area contributed by atoms with Gasteiger partial charge in [-0.05, 0) is 62.5 Å². The van der Waals surface area contributed by atoms with Crippen molar-refractivity contribution < 1.29 is 14.2 Å². The molecule has 32 heavy (non-hydrogen) atoms. The minimum atomic E-state index is -0.936. The van der Waals surface area contributed by atoms with Gasteiger partial charge in [0.25, 0.3) is 0 Å². The largest absolute Gasteiger partial charge is 0.393 e. The molecule has 2 aromatic rings. The van der Waals surface area contributed by atoms with Crippen LogP contribution < -0.4 is 10.6 Å². The standard InChI is InChI=1S/C24H34FN5O2/c1-2-18(25)13-27-24-28-14-21(23(30-24)29-19-4-6-20(31)7-5-19)22-8-3-16(12-26-22)11-17-9-10-32-15-17/h3,8,12,14,17-20,31H,2,4-7,9-11,13,15H2,1H3,(H2,27,28,29,30)/t17?,18-,19-,20-/m0/s1. The fourth-order valence-corrected chi connectivity index (χ4v) is 4.31. The van der Waals surface area contributed by atoms with Crippen LogP contribution in [0.4, 0.5) is 16.2 Å². The molecule has 0 bridgehead atoms. The monoisotopic (exact) mass is 443 g/mol. The number of hydrogen-bond donors (Lipinski definition) is 3. The zero-order valence-electron chi connectivity index (χ0n) is 18.8. The molecule has 7 nitrogen and oxygen atoms in total. The van der Waals surface area contributed by atoms with Crippen LogP contribution in [0.1, 0.15) is 51.0 Å². The van der Waals surface area contributed by atoms with E-state index in [9.17, 15) is 9.50 Å². The van der Waals surface area contributed by atoms with Crippen LogP contribution >= 0.6 is 0 Å². The summed E-state index contributed by atoms with van der Waals surface area (Å²) in [5.74, 6) is 1.67. The van der Waals surface area contributed by atoms with E-state index in [1.807, 2.05) is 19.2 Å². The summed E-state index contributed by atoms with van der Waals surface area (Å²) in [5.41, 5.74) is 2.83. The van der Waals surface area contributed by atoms with E-state index in [4.69, 9.17) is 9.72 Å². The zero-order chi connectivity index (χ0) is 22.3. The predicted molar refractivity (Wildman–Crippen MR) is 123 cm³/mol. The van der Waals surface area contributed by atoms with Gasteiger partial charge in [-0.15, -0.1) is 0 Å². The number of ether oxygens (including phenoxy) is 1. The molecule has 1 saturated heterocycles. The first-order chi connectivity index (χ1) is 15.6. The van der Waals surface area contributed by atoms with Crippen molar-refractivity contribution in [3.8, 4) is 11.3 Å². The Kier molecular flexibility index (Phi) is 7.86. The lowest BCUT2D eigenvalue weighted by Crippen LogP contribution is -2.29. The Labute approximate surface area is 189 Å². The van der Waals surface area contributed by atoms with Crippen LogP contribution in [0.3, 0.4) is 0 Å². The highest BCUT2D eigenvalue weighted by Crippen LogP contribution is 2.29. The van der Waals surface area contributed by atoms with Crippen molar-refractivity contribution >= 4 is 11.8 Å². The van der Waals surface area contributed by atoms with Gasteiger partial charge in [-0.3, -0.25) is 4.98 Å². The molecule has 0 aromatic carbocycles. The minimum Gasteiger partial charge on any atom is -0.393 e. The molecule has 1 aliphatic heterocycles. The molecule has 1 aliphatic carbocycles. The highest BCUT2D eigenvalue weighted by atomic mass is 19.1. The molecular formula is C24H34FN5O2. The third kappa shape index (κ3) is 6.13. The van der Waals surface area contributed by atoms with Crippen molar-refractivity contribution in [2.24, 2.45) is 5.92 Å². The number of hydrogen-bond acceptors (Lipinski definition) is 7. The molecule has 2 aliphatic rings. The van der Waals surface area contributed by atoms with Gasteiger partial charge in [0.15, 0.2) is 0 Å². The van der Waals surface area contributed by atoms with E-state index in [1.54, 1.807) is 6.20 Å². The summed E-state index contributed by atoms with van der Waals surface area (Å²) in [5, 5.41) is 16.4. The molecule has 0 spiro atoms. The fourth-order valence-electron chi connectivity index (χ4n) is 4.31. The van der Waals surface area contributed by atoms with Gasteiger partial charge in [0, 0.05) is 38.2 Å². The van der Waals surface area contributed by atoms with Crippen LogP contribution in [-0.2, 0) is 11.2 Å². The number of alkyl halides is 1. The van der Waals surface area contributed by atoms with E-state index in [-0.39, 0.29) is 18.7 Å². The summed E-state index contributed by atoms with van der Waals surface area (Å²) in [6.45, 7) is 3.67. The molecule has 2 atom stereocenters. The molecule has 2 aromatic heterocycles. The van der Waals surface area contributed by atoms with E-state index < -0.39 is 6.17 Å². The number of anilines is 2. The summed E-state index contributed by atoms with van der Waals surface area (Å²) >= 11 is 0. The number of rotatable bonds is 9. The molecule has 8 heteroatoms. The van der Waals surface area contributed by atoms with Crippen LogP contribution in [0.15, 0.2) is 24.5 Å². The van der Waals surface area contributed by atoms with Crippen LogP contribution in [0, 0.1) is 5.92 Å². The van der Waals surface area contributed by atoms with Crippen molar-refractivity contribution in [3.63, 3.8) is 0 Å². The van der Waals surface area contributed by atoms with Gasteiger partial charge in [0.05, 0.1) is 17.4 Å². The second-order valence-electron chi connectivity index (χ2n) is 8.98. The van der Waals surface area contributed by atoms with E-state index in [2.05, 4.69) is 26.7 Å². The molecule has 0 amide bonds. The molecular weight excluding hydrogens is 409 g/mol. The van der Waals surface area contributed by atoms with Crippen LogP contribution in [-0.4, -0.2) is 58.1 Å². The van der Waals surface area contributed by atoms with Crippen molar-refractivity contribution in [1.29, 1.82) is 0 Å². The minimum absolute atomic E-state index is 0.183. The van der Waals surface area contributed by atoms with Crippen molar-refractivity contribution in [1.82, 2.24) is 15.0 Å². The normalized spacial score (nSPS) is 24.3. The smallest absolute Gasteiger partial charge is 0.224 e. The molecule has 3 N–H and O–H groups in total. The van der Waals surface area contributed by atoms with Crippen molar-refractivity contribution in [2.75, 3.05) is 30.4 Å². The molecule has 174 valence electrons. The maximum absolute atomic E-state index is 13.7. The van der Waals surface area contributed by atoms with E-state index >= 15 is 0 Å². The number of halogens is 1. The van der Waals surface area contributed by atoms with Crippen molar-refractivity contribution in [2.45, 2.75) is 70.2 Å². The molecule has 1 unspecified atom stereocenters. The Morgan fingerprint density at radius 1 is 1.16 bits per heavy atom. The maximum atomic E-state index is 13.7. The molecule has 2 fully saturated rings. The summed E-state index contributed by atoms with van der Waals surface area (Å²) in [4.78, 5) is 13.8. The quantitative estimate of drug-likeness (QED) is 0.540. The number of pyridine rings is 1. The summed E-state index contributed by atoms with van der Waals surface area (Å²) in [6, 6.07) is 4.36. The van der Waals surface area contributed by atoms with E-state index in [0.717, 1.165) is 63.0 Å². The first kappa shape index (κ1) is 22.9. The first-order valence-electron chi connectivity index (χ1n) is 11.8. The first-order valence-corrected chi connectivity index (χ1v) is 11.8. The number of aliphatic hydroxyl groups excluding tert-OH is 1. The van der Waals surface area contributed by atoms with E-state index in [0.29, 0.717) is 24.1 Å². The fraction of sp³-hybridized carbons (Fsp3) is 0.625. The van der Waals surface area contributed by atoms with Gasteiger partial charge in [-0.2, -0.15) is 4.98 Å². The summed E-state index contributed by atoms with van der Waals surface area (Å²) < 4.78 is 19.2. The lowest BCUT2D eigenvalue weighted by molar-refractivity contribution is 0.126.